The van der Waals surface area contributed by atoms with E-state index in [0.717, 1.165) is 23.7 Å². The monoisotopic (exact) mass is 331 g/mol. The van der Waals surface area contributed by atoms with Gasteiger partial charge in [0.15, 0.2) is 0 Å². The third-order valence-electron chi connectivity index (χ3n) is 3.15. The van der Waals surface area contributed by atoms with E-state index in [-0.39, 0.29) is 18.1 Å². The van der Waals surface area contributed by atoms with E-state index in [2.05, 4.69) is 21.2 Å². The number of aliphatic hydroxyl groups is 1. The van der Waals surface area contributed by atoms with Crippen LogP contribution in [0.1, 0.15) is 36.0 Å². The fraction of sp³-hybridized carbons (Fsp3) is 0.462. The number of rotatable bonds is 2. The van der Waals surface area contributed by atoms with Gasteiger partial charge in [0.1, 0.15) is 0 Å². The minimum Gasteiger partial charge on any atom is -0.393 e. The molecule has 98 valence electrons. The van der Waals surface area contributed by atoms with E-state index in [1.54, 1.807) is 18.2 Å². The van der Waals surface area contributed by atoms with E-state index in [1.165, 1.54) is 0 Å². The molecule has 1 saturated carbocycles. The third kappa shape index (κ3) is 3.46. The maximum Gasteiger partial charge on any atom is 0.253 e. The zero-order chi connectivity index (χ0) is 13.1. The predicted molar refractivity (Wildman–Crippen MR) is 74.9 cm³/mol. The Bertz CT molecular complexity index is 453. The Morgan fingerprint density at radius 3 is 2.94 bits per heavy atom. The number of aliphatic hydroxyl groups excluding tert-OH is 1. The van der Waals surface area contributed by atoms with Crippen molar-refractivity contribution in [2.75, 3.05) is 0 Å². The van der Waals surface area contributed by atoms with Crippen molar-refractivity contribution in [2.45, 2.75) is 37.8 Å². The van der Waals surface area contributed by atoms with Crippen LogP contribution in [0, 0.1) is 0 Å². The number of hydrogen-bond donors (Lipinski definition) is 2. The Morgan fingerprint density at radius 2 is 2.22 bits per heavy atom. The van der Waals surface area contributed by atoms with Gasteiger partial charge >= 0.3 is 0 Å². The van der Waals surface area contributed by atoms with Crippen molar-refractivity contribution in [3.05, 3.63) is 33.3 Å². The van der Waals surface area contributed by atoms with Crippen LogP contribution in [0.15, 0.2) is 22.7 Å². The molecule has 1 aliphatic rings. The molecular weight excluding hydrogens is 318 g/mol. The molecule has 0 aromatic heterocycles. The minimum atomic E-state index is -0.304. The Balaban J connectivity index is 2.05. The van der Waals surface area contributed by atoms with Crippen LogP contribution in [0.2, 0.25) is 5.02 Å². The molecule has 0 saturated heterocycles. The van der Waals surface area contributed by atoms with E-state index in [0.29, 0.717) is 17.0 Å². The van der Waals surface area contributed by atoms with Crippen LogP contribution in [0.3, 0.4) is 0 Å². The quantitative estimate of drug-likeness (QED) is 0.874. The molecule has 1 amide bonds. The second-order valence-electron chi connectivity index (χ2n) is 4.61. The van der Waals surface area contributed by atoms with Gasteiger partial charge in [-0.2, -0.15) is 0 Å². The van der Waals surface area contributed by atoms with Crippen LogP contribution in [0.4, 0.5) is 0 Å². The zero-order valence-electron chi connectivity index (χ0n) is 9.83. The first-order chi connectivity index (χ1) is 8.56. The van der Waals surface area contributed by atoms with Gasteiger partial charge in [-0.1, -0.05) is 27.5 Å². The Labute approximate surface area is 120 Å². The lowest BCUT2D eigenvalue weighted by Crippen LogP contribution is -2.39. The number of nitrogens with one attached hydrogen (secondary N) is 1. The number of amides is 1. The van der Waals surface area contributed by atoms with Gasteiger partial charge in [-0.05, 0) is 43.9 Å². The van der Waals surface area contributed by atoms with Crippen LogP contribution in [-0.2, 0) is 0 Å². The van der Waals surface area contributed by atoms with Crippen LogP contribution < -0.4 is 5.32 Å². The molecule has 2 rings (SSSR count). The topological polar surface area (TPSA) is 49.3 Å². The van der Waals surface area contributed by atoms with Crippen LogP contribution in [0.25, 0.3) is 0 Å². The standard InChI is InChI=1S/C13H15BrClNO2/c14-8-4-5-12(15)11(6-8)13(18)16-9-2-1-3-10(17)7-9/h4-6,9-10,17H,1-3,7H2,(H,16,18)/t9-,10-/m0/s1. The second-order valence-corrected chi connectivity index (χ2v) is 5.94. The van der Waals surface area contributed by atoms with Gasteiger partial charge in [-0.25, -0.2) is 0 Å². The van der Waals surface area contributed by atoms with Gasteiger partial charge in [-0.15, -0.1) is 0 Å². The number of carbonyl (C=O) groups is 1. The fourth-order valence-corrected chi connectivity index (χ4v) is 2.79. The van der Waals surface area contributed by atoms with E-state index in [4.69, 9.17) is 11.6 Å². The van der Waals surface area contributed by atoms with Gasteiger partial charge in [0.25, 0.3) is 5.91 Å². The lowest BCUT2D eigenvalue weighted by molar-refractivity contribution is 0.0850. The molecule has 0 radical (unpaired) electrons. The minimum absolute atomic E-state index is 0.0382. The molecule has 1 fully saturated rings. The highest BCUT2D eigenvalue weighted by Gasteiger charge is 2.22. The third-order valence-corrected chi connectivity index (χ3v) is 3.98. The molecule has 3 nitrogen and oxygen atoms in total. The number of benzene rings is 1. The Morgan fingerprint density at radius 1 is 1.44 bits per heavy atom. The molecule has 5 heteroatoms. The molecule has 1 aliphatic carbocycles. The summed E-state index contributed by atoms with van der Waals surface area (Å²) in [5.41, 5.74) is 0.464. The van der Waals surface area contributed by atoms with Gasteiger partial charge in [0.05, 0.1) is 16.7 Å². The molecule has 2 atom stereocenters. The summed E-state index contributed by atoms with van der Waals surface area (Å²) in [5, 5.41) is 12.9. The summed E-state index contributed by atoms with van der Waals surface area (Å²) in [6.07, 6.45) is 3.00. The summed E-state index contributed by atoms with van der Waals surface area (Å²) in [5.74, 6) is -0.180. The van der Waals surface area contributed by atoms with Gasteiger partial charge in [0.2, 0.25) is 0 Å². The number of halogens is 2. The normalized spacial score (nSPS) is 23.7. The van der Waals surface area contributed by atoms with E-state index < -0.39 is 0 Å². The van der Waals surface area contributed by atoms with Crippen molar-refractivity contribution < 1.29 is 9.90 Å². The van der Waals surface area contributed by atoms with Crippen molar-refractivity contribution in [3.63, 3.8) is 0 Å². The second kappa shape index (κ2) is 6.04. The summed E-state index contributed by atoms with van der Waals surface area (Å²) in [4.78, 5) is 12.1. The molecule has 2 N–H and O–H groups in total. The number of carbonyl (C=O) groups excluding carboxylic acids is 1. The summed E-state index contributed by atoms with van der Waals surface area (Å²) < 4.78 is 0.820. The highest BCUT2D eigenvalue weighted by Crippen LogP contribution is 2.23. The molecule has 1 aromatic carbocycles. The van der Waals surface area contributed by atoms with Crippen LogP contribution >= 0.6 is 27.5 Å². The SMILES string of the molecule is O=C(N[C@H]1CCC[C@H](O)C1)c1cc(Br)ccc1Cl. The molecule has 0 spiro atoms. The maximum absolute atomic E-state index is 12.1. The van der Waals surface area contributed by atoms with E-state index in [9.17, 15) is 9.90 Å². The zero-order valence-corrected chi connectivity index (χ0v) is 12.2. The smallest absolute Gasteiger partial charge is 0.253 e. The van der Waals surface area contributed by atoms with Crippen molar-refractivity contribution >= 4 is 33.4 Å². The van der Waals surface area contributed by atoms with Crippen molar-refractivity contribution in [1.82, 2.24) is 5.32 Å². The lowest BCUT2D eigenvalue weighted by atomic mass is 9.93. The van der Waals surface area contributed by atoms with Crippen LogP contribution in [-0.4, -0.2) is 23.2 Å². The van der Waals surface area contributed by atoms with Crippen molar-refractivity contribution in [1.29, 1.82) is 0 Å². The first-order valence-corrected chi connectivity index (χ1v) is 7.17. The van der Waals surface area contributed by atoms with Crippen LogP contribution in [0.5, 0.6) is 0 Å². The van der Waals surface area contributed by atoms with Gasteiger partial charge in [0, 0.05) is 10.5 Å². The van der Waals surface area contributed by atoms with Crippen molar-refractivity contribution in [2.24, 2.45) is 0 Å². The molecule has 0 unspecified atom stereocenters. The summed E-state index contributed by atoms with van der Waals surface area (Å²) >= 11 is 9.33. The first-order valence-electron chi connectivity index (χ1n) is 6.00. The van der Waals surface area contributed by atoms with Gasteiger partial charge < -0.3 is 10.4 Å². The highest BCUT2D eigenvalue weighted by atomic mass is 79.9. The highest BCUT2D eigenvalue weighted by molar-refractivity contribution is 9.10. The van der Waals surface area contributed by atoms with Gasteiger partial charge in [-0.3, -0.25) is 4.79 Å². The molecule has 1 aromatic rings. The fourth-order valence-electron chi connectivity index (χ4n) is 2.23. The molecule has 18 heavy (non-hydrogen) atoms. The number of hydrogen-bond acceptors (Lipinski definition) is 2. The molecular formula is C13H15BrClNO2. The predicted octanol–water partition coefficient (Wildman–Crippen LogP) is 3.14. The molecule has 0 heterocycles. The summed E-state index contributed by atoms with van der Waals surface area (Å²) in [6.45, 7) is 0. The average Bonchev–Trinajstić information content (AvgIpc) is 2.32. The summed E-state index contributed by atoms with van der Waals surface area (Å²) in [7, 11) is 0. The first kappa shape index (κ1) is 13.8. The Kier molecular flexibility index (Phi) is 4.65. The Hall–Kier alpha value is -0.580. The summed E-state index contributed by atoms with van der Waals surface area (Å²) in [6, 6.07) is 5.23. The largest absolute Gasteiger partial charge is 0.393 e. The lowest BCUT2D eigenvalue weighted by Gasteiger charge is -2.26. The van der Waals surface area contributed by atoms with E-state index >= 15 is 0 Å². The van der Waals surface area contributed by atoms with E-state index in [1.807, 2.05) is 0 Å². The average molecular weight is 333 g/mol. The molecule has 0 aliphatic heterocycles. The maximum atomic E-state index is 12.1. The van der Waals surface area contributed by atoms with Crippen molar-refractivity contribution in [3.8, 4) is 0 Å². The molecule has 0 bridgehead atoms.